The molecule has 0 aliphatic rings. The molecule has 0 saturated heterocycles. The first-order valence-electron chi connectivity index (χ1n) is 3.21. The highest BCUT2D eigenvalue weighted by molar-refractivity contribution is 5.82. The minimum Gasteiger partial charge on any atom is -0.463 e. The van der Waals surface area contributed by atoms with Crippen molar-refractivity contribution in [2.24, 2.45) is 0 Å². The van der Waals surface area contributed by atoms with Crippen LogP contribution in [0.2, 0.25) is 0 Å². The third-order valence-corrected chi connectivity index (χ3v) is 0.976. The minimum absolute atomic E-state index is 0.200. The monoisotopic (exact) mass is 164 g/mol. The van der Waals surface area contributed by atoms with Gasteiger partial charge in [-0.15, -0.1) is 0 Å². The van der Waals surface area contributed by atoms with E-state index in [1.54, 1.807) is 6.92 Å². The van der Waals surface area contributed by atoms with Gasteiger partial charge in [0.05, 0.1) is 6.61 Å². The molecule has 0 saturated carbocycles. The van der Waals surface area contributed by atoms with Crippen molar-refractivity contribution in [3.63, 3.8) is 0 Å². The van der Waals surface area contributed by atoms with E-state index in [2.05, 4.69) is 4.74 Å². The molecule has 0 aliphatic carbocycles. The predicted octanol–water partition coefficient (Wildman–Crippen LogP) is 1.76. The van der Waals surface area contributed by atoms with E-state index in [9.17, 15) is 13.6 Å². The van der Waals surface area contributed by atoms with E-state index in [-0.39, 0.29) is 12.2 Å². The van der Waals surface area contributed by atoms with Crippen molar-refractivity contribution in [2.75, 3.05) is 6.61 Å². The van der Waals surface area contributed by atoms with Gasteiger partial charge >= 0.3 is 5.97 Å². The highest BCUT2D eigenvalue weighted by atomic mass is 19.3. The molecule has 0 aromatic carbocycles. The van der Waals surface area contributed by atoms with Gasteiger partial charge in [-0.1, -0.05) is 0 Å². The van der Waals surface area contributed by atoms with Gasteiger partial charge in [-0.05, 0) is 19.4 Å². The van der Waals surface area contributed by atoms with Gasteiger partial charge in [-0.2, -0.15) is 0 Å². The molecule has 0 unspecified atom stereocenters. The molecule has 0 amide bonds. The Morgan fingerprint density at radius 2 is 2.18 bits per heavy atom. The maximum atomic E-state index is 11.8. The van der Waals surface area contributed by atoms with Crippen molar-refractivity contribution < 1.29 is 18.3 Å². The molecule has 0 aromatic heterocycles. The van der Waals surface area contributed by atoms with E-state index in [1.165, 1.54) is 6.92 Å². The van der Waals surface area contributed by atoms with Crippen molar-refractivity contribution in [1.82, 2.24) is 0 Å². The van der Waals surface area contributed by atoms with Crippen LogP contribution >= 0.6 is 0 Å². The van der Waals surface area contributed by atoms with Crippen LogP contribution in [0.3, 0.4) is 0 Å². The number of allylic oxidation sites excluding steroid dienone is 1. The summed E-state index contributed by atoms with van der Waals surface area (Å²) in [5.41, 5.74) is -0.275. The Labute approximate surface area is 63.8 Å². The molecule has 4 heteroatoms. The third-order valence-electron chi connectivity index (χ3n) is 0.976. The number of halogens is 2. The lowest BCUT2D eigenvalue weighted by Crippen LogP contribution is -2.03. The van der Waals surface area contributed by atoms with E-state index in [4.69, 9.17) is 0 Å². The van der Waals surface area contributed by atoms with Crippen LogP contribution in [0.4, 0.5) is 8.78 Å². The molecule has 64 valence electrons. The Morgan fingerprint density at radius 3 is 2.55 bits per heavy atom. The molecule has 0 heterocycles. The first-order valence-corrected chi connectivity index (χ1v) is 3.21. The van der Waals surface area contributed by atoms with Crippen molar-refractivity contribution in [3.05, 3.63) is 11.6 Å². The summed E-state index contributed by atoms with van der Waals surface area (Å²) in [5, 5.41) is 0. The number of hydrogen-bond acceptors (Lipinski definition) is 2. The van der Waals surface area contributed by atoms with Crippen LogP contribution in [0.25, 0.3) is 0 Å². The molecule has 0 rings (SSSR count). The van der Waals surface area contributed by atoms with Crippen LogP contribution < -0.4 is 0 Å². The summed E-state index contributed by atoms with van der Waals surface area (Å²) in [5.74, 6) is -0.717. The number of carbonyl (C=O) groups is 1. The fourth-order valence-corrected chi connectivity index (χ4v) is 0.433. The Hall–Kier alpha value is -0.930. The van der Waals surface area contributed by atoms with Gasteiger partial charge in [0.2, 0.25) is 0 Å². The summed E-state index contributed by atoms with van der Waals surface area (Å²) in [4.78, 5) is 10.5. The van der Waals surface area contributed by atoms with Crippen LogP contribution in [-0.2, 0) is 9.53 Å². The molecule has 2 nitrogen and oxygen atoms in total. The zero-order valence-electron chi connectivity index (χ0n) is 6.43. The first kappa shape index (κ1) is 10.1. The molecule has 0 bridgehead atoms. The number of alkyl halides is 2. The normalized spacial score (nSPS) is 11.9. The Kier molecular flexibility index (Phi) is 4.41. The quantitative estimate of drug-likeness (QED) is 0.469. The lowest BCUT2D eigenvalue weighted by atomic mass is 10.3. The van der Waals surface area contributed by atoms with Gasteiger partial charge in [-0.25, -0.2) is 13.6 Å². The molecule has 0 aromatic rings. The summed E-state index contributed by atoms with van der Waals surface area (Å²) in [6, 6.07) is 0. The van der Waals surface area contributed by atoms with E-state index >= 15 is 0 Å². The topological polar surface area (TPSA) is 26.3 Å². The molecular weight excluding hydrogens is 154 g/mol. The molecular formula is C7H10F2O2. The van der Waals surface area contributed by atoms with Crippen LogP contribution in [0, 0.1) is 0 Å². The van der Waals surface area contributed by atoms with Crippen molar-refractivity contribution in [2.45, 2.75) is 20.3 Å². The summed E-state index contributed by atoms with van der Waals surface area (Å²) >= 11 is 0. The van der Waals surface area contributed by atoms with E-state index in [0.717, 1.165) is 6.08 Å². The highest BCUT2D eigenvalue weighted by Gasteiger charge is 2.07. The lowest BCUT2D eigenvalue weighted by molar-refractivity contribution is -0.137. The van der Waals surface area contributed by atoms with Gasteiger partial charge in [-0.3, -0.25) is 0 Å². The average Bonchev–Trinajstić information content (AvgIpc) is 1.87. The van der Waals surface area contributed by atoms with Gasteiger partial charge in [0, 0.05) is 6.08 Å². The average molecular weight is 164 g/mol. The van der Waals surface area contributed by atoms with Crippen LogP contribution in [0.15, 0.2) is 11.6 Å². The predicted molar refractivity (Wildman–Crippen MR) is 36.4 cm³/mol. The van der Waals surface area contributed by atoms with E-state index in [1.807, 2.05) is 0 Å². The van der Waals surface area contributed by atoms with Crippen LogP contribution in [0.1, 0.15) is 13.8 Å². The largest absolute Gasteiger partial charge is 0.463 e. The molecule has 0 radical (unpaired) electrons. The Bertz CT molecular complexity index is 164. The summed E-state index contributed by atoms with van der Waals surface area (Å²) in [7, 11) is 0. The van der Waals surface area contributed by atoms with Gasteiger partial charge in [0.1, 0.15) is 0 Å². The molecule has 0 spiro atoms. The highest BCUT2D eigenvalue weighted by Crippen LogP contribution is 2.06. The maximum absolute atomic E-state index is 11.8. The molecule has 0 fully saturated rings. The number of carbonyl (C=O) groups excluding carboxylic acids is 1. The SMILES string of the molecule is CCOC(=O)/C=C(/C)C(F)F. The molecule has 0 aliphatic heterocycles. The zero-order chi connectivity index (χ0) is 8.85. The number of esters is 1. The van der Waals surface area contributed by atoms with Crippen molar-refractivity contribution in [1.29, 1.82) is 0 Å². The van der Waals surface area contributed by atoms with Gasteiger partial charge < -0.3 is 4.74 Å². The van der Waals surface area contributed by atoms with Crippen molar-refractivity contribution >= 4 is 5.97 Å². The summed E-state index contributed by atoms with van der Waals surface area (Å²) in [6.45, 7) is 3.00. The Balaban J connectivity index is 3.97. The summed E-state index contributed by atoms with van der Waals surface area (Å²) in [6.07, 6.45) is -1.78. The van der Waals surface area contributed by atoms with Crippen molar-refractivity contribution in [3.8, 4) is 0 Å². The van der Waals surface area contributed by atoms with Crippen LogP contribution in [-0.4, -0.2) is 19.0 Å². The summed E-state index contributed by atoms with van der Waals surface area (Å²) < 4.78 is 27.9. The van der Waals surface area contributed by atoms with E-state index in [0.29, 0.717) is 0 Å². The second-order valence-corrected chi connectivity index (χ2v) is 1.94. The second-order valence-electron chi connectivity index (χ2n) is 1.94. The maximum Gasteiger partial charge on any atom is 0.330 e. The van der Waals surface area contributed by atoms with Gasteiger partial charge in [0.15, 0.2) is 0 Å². The zero-order valence-corrected chi connectivity index (χ0v) is 6.43. The van der Waals surface area contributed by atoms with Crippen LogP contribution in [0.5, 0.6) is 0 Å². The Morgan fingerprint density at radius 1 is 1.64 bits per heavy atom. The first-order chi connectivity index (χ1) is 5.07. The second kappa shape index (κ2) is 4.82. The number of rotatable bonds is 3. The fraction of sp³-hybridized carbons (Fsp3) is 0.571. The van der Waals surface area contributed by atoms with Gasteiger partial charge in [0.25, 0.3) is 6.43 Å². The third kappa shape index (κ3) is 4.47. The smallest absolute Gasteiger partial charge is 0.330 e. The number of ether oxygens (including phenoxy) is 1. The number of hydrogen-bond donors (Lipinski definition) is 0. The lowest BCUT2D eigenvalue weighted by Gasteiger charge is -1.98. The minimum atomic E-state index is -2.58. The molecule has 11 heavy (non-hydrogen) atoms. The fourth-order valence-electron chi connectivity index (χ4n) is 0.433. The standard InChI is InChI=1S/C7H10F2O2/c1-3-11-6(10)4-5(2)7(8)9/h4,7H,3H2,1-2H3/b5-4-. The van der Waals surface area contributed by atoms with E-state index < -0.39 is 12.4 Å². The molecule has 0 N–H and O–H groups in total. The molecule has 0 atom stereocenters.